The summed E-state index contributed by atoms with van der Waals surface area (Å²) in [6.45, 7) is 6.12. The summed E-state index contributed by atoms with van der Waals surface area (Å²) in [5.74, 6) is 0.830. The van der Waals surface area contributed by atoms with E-state index >= 15 is 0 Å². The Bertz CT molecular complexity index is 284. The average molecular weight is 281 g/mol. The van der Waals surface area contributed by atoms with Gasteiger partial charge in [-0.2, -0.15) is 0 Å². The molecule has 0 aromatic carbocycles. The zero-order valence-corrected chi connectivity index (χ0v) is 14.1. The van der Waals surface area contributed by atoms with E-state index in [1.54, 1.807) is 0 Å². The van der Waals surface area contributed by atoms with Gasteiger partial charge < -0.3 is 15.1 Å². The van der Waals surface area contributed by atoms with Gasteiger partial charge >= 0.3 is 0 Å². The number of hydrogen-bond acceptors (Lipinski definition) is 3. The number of piperidine rings is 1. The van der Waals surface area contributed by atoms with Crippen LogP contribution in [0.15, 0.2) is 0 Å². The minimum atomic E-state index is 0.410. The van der Waals surface area contributed by atoms with E-state index in [2.05, 4.69) is 43.2 Å². The lowest BCUT2D eigenvalue weighted by atomic mass is 9.80. The predicted molar refractivity (Wildman–Crippen MR) is 87.2 cm³/mol. The van der Waals surface area contributed by atoms with Gasteiger partial charge in [0.1, 0.15) is 0 Å². The molecule has 118 valence electrons. The molecular formula is C17H35N3. The van der Waals surface area contributed by atoms with E-state index in [0.717, 1.165) is 5.92 Å². The van der Waals surface area contributed by atoms with Crippen LogP contribution in [-0.4, -0.2) is 62.2 Å². The van der Waals surface area contributed by atoms with Gasteiger partial charge in [0, 0.05) is 24.7 Å². The van der Waals surface area contributed by atoms with E-state index in [1.807, 2.05) is 0 Å². The fourth-order valence-electron chi connectivity index (χ4n) is 4.12. The Morgan fingerprint density at radius 3 is 2.50 bits per heavy atom. The van der Waals surface area contributed by atoms with Crippen LogP contribution in [0.25, 0.3) is 0 Å². The smallest absolute Gasteiger partial charge is 0.0327 e. The first kappa shape index (κ1) is 16.3. The van der Waals surface area contributed by atoms with Crippen molar-refractivity contribution < 1.29 is 0 Å². The summed E-state index contributed by atoms with van der Waals surface area (Å²) in [6.07, 6.45) is 9.73. The summed E-state index contributed by atoms with van der Waals surface area (Å²) in [6, 6.07) is 0.650. The number of likely N-dealkylation sites (tertiary alicyclic amines) is 1. The molecule has 1 heterocycles. The van der Waals surface area contributed by atoms with E-state index in [1.165, 1.54) is 64.6 Å². The fraction of sp³-hybridized carbons (Fsp3) is 1.00. The SMILES string of the molecule is CC(NCC1(N(C)C)CCCCC1)C1CCCN(C)C1. The summed E-state index contributed by atoms with van der Waals surface area (Å²) >= 11 is 0. The third-order valence-electron chi connectivity index (χ3n) is 5.85. The van der Waals surface area contributed by atoms with E-state index in [-0.39, 0.29) is 0 Å². The van der Waals surface area contributed by atoms with Gasteiger partial charge in [0.2, 0.25) is 0 Å². The largest absolute Gasteiger partial charge is 0.312 e. The van der Waals surface area contributed by atoms with Crippen LogP contribution >= 0.6 is 0 Å². The van der Waals surface area contributed by atoms with Crippen LogP contribution in [0.1, 0.15) is 51.9 Å². The van der Waals surface area contributed by atoms with Gasteiger partial charge in [-0.3, -0.25) is 0 Å². The predicted octanol–water partition coefficient (Wildman–Crippen LogP) is 2.57. The van der Waals surface area contributed by atoms with Gasteiger partial charge in [0.25, 0.3) is 0 Å². The van der Waals surface area contributed by atoms with Crippen LogP contribution in [-0.2, 0) is 0 Å². The molecule has 0 radical (unpaired) electrons. The van der Waals surface area contributed by atoms with E-state index in [4.69, 9.17) is 0 Å². The minimum absolute atomic E-state index is 0.410. The molecule has 2 aliphatic rings. The molecule has 1 saturated carbocycles. The molecule has 3 heteroatoms. The molecule has 3 nitrogen and oxygen atoms in total. The monoisotopic (exact) mass is 281 g/mol. The van der Waals surface area contributed by atoms with Gasteiger partial charge in [-0.25, -0.2) is 0 Å². The second-order valence-corrected chi connectivity index (χ2v) is 7.51. The summed E-state index contributed by atoms with van der Waals surface area (Å²) in [5, 5.41) is 3.90. The number of hydrogen-bond donors (Lipinski definition) is 1. The molecule has 1 aliphatic carbocycles. The molecule has 20 heavy (non-hydrogen) atoms. The number of nitrogens with zero attached hydrogens (tertiary/aromatic N) is 2. The Kier molecular flexibility index (Phi) is 5.88. The van der Waals surface area contributed by atoms with Gasteiger partial charge in [-0.1, -0.05) is 19.3 Å². The third-order valence-corrected chi connectivity index (χ3v) is 5.85. The van der Waals surface area contributed by atoms with E-state index < -0.39 is 0 Å². The average Bonchev–Trinajstić information content (AvgIpc) is 2.45. The topological polar surface area (TPSA) is 18.5 Å². The Morgan fingerprint density at radius 2 is 1.90 bits per heavy atom. The molecule has 1 N–H and O–H groups in total. The lowest BCUT2D eigenvalue weighted by Crippen LogP contribution is -2.55. The number of rotatable bonds is 5. The highest BCUT2D eigenvalue weighted by Crippen LogP contribution is 2.32. The molecule has 0 spiro atoms. The van der Waals surface area contributed by atoms with Crippen LogP contribution in [0.2, 0.25) is 0 Å². The minimum Gasteiger partial charge on any atom is -0.312 e. The van der Waals surface area contributed by atoms with Crippen molar-refractivity contribution in [3.63, 3.8) is 0 Å². The fourth-order valence-corrected chi connectivity index (χ4v) is 4.12. The molecule has 2 fully saturated rings. The first-order valence-corrected chi connectivity index (χ1v) is 8.63. The van der Waals surface area contributed by atoms with E-state index in [0.29, 0.717) is 11.6 Å². The first-order valence-electron chi connectivity index (χ1n) is 8.63. The highest BCUT2D eigenvalue weighted by atomic mass is 15.2. The Hall–Kier alpha value is -0.120. The zero-order chi connectivity index (χ0) is 14.6. The summed E-state index contributed by atoms with van der Waals surface area (Å²) in [5.41, 5.74) is 0.410. The van der Waals surface area contributed by atoms with Crippen LogP contribution < -0.4 is 5.32 Å². The van der Waals surface area contributed by atoms with Crippen molar-refractivity contribution in [2.24, 2.45) is 5.92 Å². The van der Waals surface area contributed by atoms with Crippen LogP contribution in [0.4, 0.5) is 0 Å². The lowest BCUT2D eigenvalue weighted by molar-refractivity contribution is 0.0880. The van der Waals surface area contributed by atoms with Crippen LogP contribution in [0.3, 0.4) is 0 Å². The molecule has 0 aromatic heterocycles. The van der Waals surface area contributed by atoms with Gasteiger partial charge in [-0.15, -0.1) is 0 Å². The van der Waals surface area contributed by atoms with Crippen molar-refractivity contribution >= 4 is 0 Å². The molecular weight excluding hydrogens is 246 g/mol. The normalized spacial score (nSPS) is 29.6. The Morgan fingerprint density at radius 1 is 1.20 bits per heavy atom. The summed E-state index contributed by atoms with van der Waals surface area (Å²) in [4.78, 5) is 4.98. The third kappa shape index (κ3) is 3.96. The molecule has 2 unspecified atom stereocenters. The molecule has 2 atom stereocenters. The molecule has 1 saturated heterocycles. The van der Waals surface area contributed by atoms with Crippen LogP contribution in [0, 0.1) is 5.92 Å². The molecule has 0 amide bonds. The maximum absolute atomic E-state index is 3.90. The maximum atomic E-state index is 3.90. The van der Waals surface area contributed by atoms with Crippen molar-refractivity contribution in [2.45, 2.75) is 63.5 Å². The summed E-state index contributed by atoms with van der Waals surface area (Å²) < 4.78 is 0. The highest BCUT2D eigenvalue weighted by molar-refractivity contribution is 4.94. The van der Waals surface area contributed by atoms with Crippen molar-refractivity contribution in [1.82, 2.24) is 15.1 Å². The molecule has 0 aromatic rings. The second-order valence-electron chi connectivity index (χ2n) is 7.51. The lowest BCUT2D eigenvalue weighted by Gasteiger charge is -2.45. The number of nitrogens with one attached hydrogen (secondary N) is 1. The highest BCUT2D eigenvalue weighted by Gasteiger charge is 2.35. The molecule has 1 aliphatic heterocycles. The van der Waals surface area contributed by atoms with Gasteiger partial charge in [-0.05, 0) is 66.2 Å². The quantitative estimate of drug-likeness (QED) is 0.835. The second kappa shape index (κ2) is 7.24. The van der Waals surface area contributed by atoms with Crippen molar-refractivity contribution in [3.8, 4) is 0 Å². The van der Waals surface area contributed by atoms with Crippen molar-refractivity contribution in [3.05, 3.63) is 0 Å². The first-order chi connectivity index (χ1) is 9.53. The van der Waals surface area contributed by atoms with Crippen molar-refractivity contribution in [1.29, 1.82) is 0 Å². The van der Waals surface area contributed by atoms with Gasteiger partial charge in [0.15, 0.2) is 0 Å². The van der Waals surface area contributed by atoms with E-state index in [9.17, 15) is 0 Å². The van der Waals surface area contributed by atoms with Crippen molar-refractivity contribution in [2.75, 3.05) is 40.8 Å². The Balaban J connectivity index is 1.85. The summed E-state index contributed by atoms with van der Waals surface area (Å²) in [7, 11) is 6.80. The zero-order valence-electron chi connectivity index (χ0n) is 14.1. The van der Waals surface area contributed by atoms with Crippen LogP contribution in [0.5, 0.6) is 0 Å². The molecule has 2 rings (SSSR count). The van der Waals surface area contributed by atoms with Gasteiger partial charge in [0.05, 0.1) is 0 Å². The number of likely N-dealkylation sites (N-methyl/N-ethyl adjacent to an activating group) is 1. The Labute approximate surface area is 126 Å². The standard InChI is InChI=1S/C17H35N3/c1-15(16-9-8-12-20(4)13-16)18-14-17(19(2)3)10-6-5-7-11-17/h15-16,18H,5-14H2,1-4H3. The maximum Gasteiger partial charge on any atom is 0.0327 e. The molecule has 0 bridgehead atoms.